The van der Waals surface area contributed by atoms with E-state index in [1.54, 1.807) is 0 Å². The molecule has 0 aliphatic heterocycles. The summed E-state index contributed by atoms with van der Waals surface area (Å²) in [6, 6.07) is 7.67. The van der Waals surface area contributed by atoms with Gasteiger partial charge in [-0.25, -0.2) is 4.79 Å². The molecule has 0 amide bonds. The largest absolute Gasteiger partial charge is 0.490 e. The number of hydrogen-bond acceptors (Lipinski definition) is 2. The topological polar surface area (TPSA) is 49.3 Å². The lowest BCUT2D eigenvalue weighted by molar-refractivity contribution is -0.192. The zero-order chi connectivity index (χ0) is 16.2. The Kier molecular flexibility index (Phi) is 5.78. The van der Waals surface area contributed by atoms with Crippen molar-refractivity contribution >= 4 is 5.97 Å². The molecule has 0 bridgehead atoms. The number of nitrogens with one attached hydrogen (secondary N) is 1. The van der Waals surface area contributed by atoms with Crippen molar-refractivity contribution in [1.29, 1.82) is 0 Å². The van der Waals surface area contributed by atoms with Crippen LogP contribution < -0.4 is 5.32 Å². The maximum Gasteiger partial charge on any atom is 0.490 e. The molecule has 21 heavy (non-hydrogen) atoms. The van der Waals surface area contributed by atoms with Crippen LogP contribution in [0.25, 0.3) is 0 Å². The number of carboxylic acids is 1. The van der Waals surface area contributed by atoms with Crippen molar-refractivity contribution in [3.63, 3.8) is 0 Å². The minimum Gasteiger partial charge on any atom is -0.475 e. The predicted molar refractivity (Wildman–Crippen MR) is 74.4 cm³/mol. The average Bonchev–Trinajstić information content (AvgIpc) is 2.25. The fourth-order valence-electron chi connectivity index (χ4n) is 2.37. The first kappa shape index (κ1) is 17.5. The van der Waals surface area contributed by atoms with Gasteiger partial charge in [0.2, 0.25) is 0 Å². The highest BCUT2D eigenvalue weighted by Gasteiger charge is 2.38. The quantitative estimate of drug-likeness (QED) is 0.880. The average molecular weight is 303 g/mol. The molecule has 0 heterocycles. The minimum atomic E-state index is -5.08. The summed E-state index contributed by atoms with van der Waals surface area (Å²) in [5.41, 5.74) is 4.33. The van der Waals surface area contributed by atoms with Gasteiger partial charge in [0.15, 0.2) is 0 Å². The van der Waals surface area contributed by atoms with Gasteiger partial charge in [0.1, 0.15) is 0 Å². The van der Waals surface area contributed by atoms with Gasteiger partial charge < -0.3 is 10.4 Å². The molecule has 0 radical (unpaired) electrons. The molecule has 1 saturated carbocycles. The minimum absolute atomic E-state index is 0.751. The van der Waals surface area contributed by atoms with E-state index in [4.69, 9.17) is 9.90 Å². The standard InChI is InChI=1S/C13H19N.C2HF3O2/c1-9-4-10(2)6-11(5-9)12-7-13(8-12)14-3;3-2(4,5)1(6)7/h4-6,12-14H,7-8H2,1-3H3;(H,6,7). The summed E-state index contributed by atoms with van der Waals surface area (Å²) in [4.78, 5) is 8.90. The lowest BCUT2D eigenvalue weighted by atomic mass is 9.75. The third-order valence-corrected chi connectivity index (χ3v) is 3.50. The van der Waals surface area contributed by atoms with Crippen LogP contribution in [0.3, 0.4) is 0 Å². The smallest absolute Gasteiger partial charge is 0.475 e. The summed E-state index contributed by atoms with van der Waals surface area (Å²) in [6.45, 7) is 4.37. The van der Waals surface area contributed by atoms with Crippen LogP contribution in [-0.2, 0) is 4.79 Å². The second-order valence-corrected chi connectivity index (χ2v) is 5.38. The lowest BCUT2D eigenvalue weighted by Crippen LogP contribution is -2.37. The number of aryl methyl sites for hydroxylation is 2. The van der Waals surface area contributed by atoms with Crippen LogP contribution in [-0.4, -0.2) is 30.3 Å². The SMILES string of the molecule is CNC1CC(c2cc(C)cc(C)c2)C1.O=C(O)C(F)(F)F. The first-order valence-corrected chi connectivity index (χ1v) is 6.69. The molecule has 1 aliphatic rings. The number of aliphatic carboxylic acids is 1. The molecular weight excluding hydrogens is 283 g/mol. The Morgan fingerprint density at radius 3 is 1.95 bits per heavy atom. The number of rotatable bonds is 2. The zero-order valence-corrected chi connectivity index (χ0v) is 12.3. The second-order valence-electron chi connectivity index (χ2n) is 5.38. The zero-order valence-electron chi connectivity index (χ0n) is 12.3. The van der Waals surface area contributed by atoms with Gasteiger partial charge in [-0.3, -0.25) is 0 Å². The highest BCUT2D eigenvalue weighted by molar-refractivity contribution is 5.73. The van der Waals surface area contributed by atoms with Crippen LogP contribution in [0.1, 0.15) is 35.4 Å². The summed E-state index contributed by atoms with van der Waals surface area (Å²) < 4.78 is 31.7. The summed E-state index contributed by atoms with van der Waals surface area (Å²) in [6.07, 6.45) is -2.47. The van der Waals surface area contributed by atoms with Crippen molar-refractivity contribution < 1.29 is 23.1 Å². The normalized spacial score (nSPS) is 21.0. The maximum absolute atomic E-state index is 10.6. The first-order valence-electron chi connectivity index (χ1n) is 6.69. The second kappa shape index (κ2) is 6.93. The van der Waals surface area contributed by atoms with Crippen LogP contribution in [0.5, 0.6) is 0 Å². The van der Waals surface area contributed by atoms with Crippen molar-refractivity contribution in [2.75, 3.05) is 7.05 Å². The van der Waals surface area contributed by atoms with E-state index in [1.165, 1.54) is 29.5 Å². The van der Waals surface area contributed by atoms with E-state index in [-0.39, 0.29) is 0 Å². The van der Waals surface area contributed by atoms with Gasteiger partial charge in [0.25, 0.3) is 0 Å². The number of halogens is 3. The molecule has 0 spiro atoms. The highest BCUT2D eigenvalue weighted by Crippen LogP contribution is 2.37. The third-order valence-electron chi connectivity index (χ3n) is 3.50. The molecule has 1 fully saturated rings. The third kappa shape index (κ3) is 5.38. The van der Waals surface area contributed by atoms with Crippen molar-refractivity contribution in [3.05, 3.63) is 34.9 Å². The molecule has 0 unspecified atom stereocenters. The molecule has 6 heteroatoms. The number of carboxylic acid groups (broad SMARTS) is 1. The molecule has 1 aromatic carbocycles. The fourth-order valence-corrected chi connectivity index (χ4v) is 2.37. The van der Waals surface area contributed by atoms with Crippen molar-refractivity contribution in [3.8, 4) is 0 Å². The van der Waals surface area contributed by atoms with E-state index < -0.39 is 12.1 Å². The van der Waals surface area contributed by atoms with Crippen LogP contribution in [0.4, 0.5) is 13.2 Å². The molecule has 1 aromatic rings. The Bertz CT molecular complexity index is 474. The fraction of sp³-hybridized carbons (Fsp3) is 0.533. The van der Waals surface area contributed by atoms with Crippen molar-refractivity contribution in [1.82, 2.24) is 5.32 Å². The number of hydrogen-bond donors (Lipinski definition) is 2. The number of benzene rings is 1. The van der Waals surface area contributed by atoms with Crippen LogP contribution >= 0.6 is 0 Å². The summed E-state index contributed by atoms with van der Waals surface area (Å²) in [5.74, 6) is -1.96. The predicted octanol–water partition coefficient (Wildman–Crippen LogP) is 3.40. The van der Waals surface area contributed by atoms with Gasteiger partial charge in [0, 0.05) is 6.04 Å². The molecule has 3 nitrogen and oxygen atoms in total. The molecule has 2 N–H and O–H groups in total. The molecule has 118 valence electrons. The molecule has 2 rings (SSSR count). The van der Waals surface area contributed by atoms with Crippen LogP contribution in [0.15, 0.2) is 18.2 Å². The molecule has 0 atom stereocenters. The Labute approximate surface area is 122 Å². The number of carbonyl (C=O) groups is 1. The maximum atomic E-state index is 10.6. The van der Waals surface area contributed by atoms with Gasteiger partial charge in [-0.1, -0.05) is 29.3 Å². The van der Waals surface area contributed by atoms with Gasteiger partial charge in [-0.05, 0) is 45.2 Å². The number of alkyl halides is 3. The van der Waals surface area contributed by atoms with Crippen molar-refractivity contribution in [2.45, 2.75) is 44.8 Å². The molecular formula is C15H20F3NO2. The molecule has 0 aromatic heterocycles. The Morgan fingerprint density at radius 2 is 1.62 bits per heavy atom. The summed E-state index contributed by atoms with van der Waals surface area (Å²) in [5, 5.41) is 10.5. The van der Waals surface area contributed by atoms with E-state index in [1.807, 2.05) is 0 Å². The van der Waals surface area contributed by atoms with E-state index in [2.05, 4.69) is 44.4 Å². The summed E-state index contributed by atoms with van der Waals surface area (Å²) in [7, 11) is 2.06. The van der Waals surface area contributed by atoms with Crippen LogP contribution in [0.2, 0.25) is 0 Å². The van der Waals surface area contributed by atoms with Gasteiger partial charge in [-0.15, -0.1) is 0 Å². The monoisotopic (exact) mass is 303 g/mol. The Balaban J connectivity index is 0.000000270. The highest BCUT2D eigenvalue weighted by atomic mass is 19.4. The van der Waals surface area contributed by atoms with Crippen molar-refractivity contribution in [2.24, 2.45) is 0 Å². The van der Waals surface area contributed by atoms with Gasteiger partial charge in [-0.2, -0.15) is 13.2 Å². The van der Waals surface area contributed by atoms with Gasteiger partial charge >= 0.3 is 12.1 Å². The van der Waals surface area contributed by atoms with E-state index in [0.29, 0.717) is 0 Å². The summed E-state index contributed by atoms with van der Waals surface area (Å²) >= 11 is 0. The van der Waals surface area contributed by atoms with Crippen LogP contribution in [0, 0.1) is 13.8 Å². The Hall–Kier alpha value is -1.56. The van der Waals surface area contributed by atoms with Gasteiger partial charge in [0.05, 0.1) is 0 Å². The van der Waals surface area contributed by atoms with E-state index >= 15 is 0 Å². The lowest BCUT2D eigenvalue weighted by Gasteiger charge is -2.35. The van der Waals surface area contributed by atoms with E-state index in [0.717, 1.165) is 12.0 Å². The van der Waals surface area contributed by atoms with E-state index in [9.17, 15) is 13.2 Å². The first-order chi connectivity index (χ1) is 9.63. The molecule has 1 aliphatic carbocycles. The molecule has 0 saturated heterocycles. The Morgan fingerprint density at radius 1 is 1.19 bits per heavy atom.